The van der Waals surface area contributed by atoms with Crippen molar-refractivity contribution in [2.24, 2.45) is 0 Å². The second-order valence-electron chi connectivity index (χ2n) is 6.57. The molecule has 0 spiro atoms. The van der Waals surface area contributed by atoms with Crippen LogP contribution < -0.4 is 15.4 Å². The summed E-state index contributed by atoms with van der Waals surface area (Å²) in [6, 6.07) is 12.6. The van der Waals surface area contributed by atoms with Crippen LogP contribution in [0.5, 0.6) is 5.75 Å². The third-order valence-corrected chi connectivity index (χ3v) is 4.26. The third-order valence-electron chi connectivity index (χ3n) is 4.26. The minimum Gasteiger partial charge on any atom is -0.485 e. The van der Waals surface area contributed by atoms with E-state index in [2.05, 4.69) is 20.8 Å². The van der Waals surface area contributed by atoms with E-state index in [0.29, 0.717) is 35.6 Å². The summed E-state index contributed by atoms with van der Waals surface area (Å²) in [5.41, 5.74) is 1.44. The van der Waals surface area contributed by atoms with E-state index in [9.17, 15) is 9.18 Å². The lowest BCUT2D eigenvalue weighted by Crippen LogP contribution is -2.28. The zero-order valence-electron chi connectivity index (χ0n) is 15.0. The summed E-state index contributed by atoms with van der Waals surface area (Å²) in [7, 11) is 0. The van der Waals surface area contributed by atoms with Gasteiger partial charge in [-0.25, -0.2) is 9.18 Å². The maximum atomic E-state index is 12.9. The molecule has 0 saturated heterocycles. The van der Waals surface area contributed by atoms with Crippen LogP contribution in [-0.4, -0.2) is 16.2 Å². The van der Waals surface area contributed by atoms with Crippen LogP contribution in [0, 0.1) is 5.82 Å². The molecule has 0 aliphatic heterocycles. The molecular weight excluding hydrogens is 363 g/mol. The number of carbonyl (C=O) groups is 1. The normalized spacial score (nSPS) is 13.2. The number of ether oxygens (including phenoxy) is 1. The molecule has 2 amide bonds. The first-order chi connectivity index (χ1) is 13.7. The number of halogens is 1. The lowest BCUT2D eigenvalue weighted by atomic mass is 10.2. The van der Waals surface area contributed by atoms with Crippen LogP contribution in [-0.2, 0) is 13.2 Å². The highest BCUT2D eigenvalue weighted by Crippen LogP contribution is 2.38. The van der Waals surface area contributed by atoms with Gasteiger partial charge in [0.1, 0.15) is 11.6 Å². The van der Waals surface area contributed by atoms with Gasteiger partial charge >= 0.3 is 6.03 Å². The smallest absolute Gasteiger partial charge is 0.319 e. The first-order valence-electron chi connectivity index (χ1n) is 9.00. The van der Waals surface area contributed by atoms with Crippen molar-refractivity contribution in [2.45, 2.75) is 31.9 Å². The largest absolute Gasteiger partial charge is 0.485 e. The Morgan fingerprint density at radius 3 is 2.61 bits per heavy atom. The summed E-state index contributed by atoms with van der Waals surface area (Å²) in [5.74, 6) is 1.95. The molecule has 0 unspecified atom stereocenters. The van der Waals surface area contributed by atoms with Gasteiger partial charge < -0.3 is 19.9 Å². The van der Waals surface area contributed by atoms with Crippen LogP contribution in [0.3, 0.4) is 0 Å². The van der Waals surface area contributed by atoms with Gasteiger partial charge in [-0.2, -0.15) is 4.98 Å². The number of amides is 2. The summed E-state index contributed by atoms with van der Waals surface area (Å²) in [6.07, 6.45) is 2.21. The SMILES string of the molecule is O=C(NCc1ccc(F)cc1)Nc1ccc(OCc2noc(C3CC3)n2)cc1. The van der Waals surface area contributed by atoms with Crippen LogP contribution >= 0.6 is 0 Å². The number of hydrogen-bond acceptors (Lipinski definition) is 5. The van der Waals surface area contributed by atoms with Crippen molar-refractivity contribution in [1.29, 1.82) is 0 Å². The van der Waals surface area contributed by atoms with Gasteiger partial charge in [0.25, 0.3) is 0 Å². The summed E-state index contributed by atoms with van der Waals surface area (Å²) >= 11 is 0. The number of rotatable bonds is 7. The van der Waals surface area contributed by atoms with E-state index in [1.165, 1.54) is 12.1 Å². The fraction of sp³-hybridized carbons (Fsp3) is 0.250. The molecule has 1 aliphatic carbocycles. The average molecular weight is 382 g/mol. The van der Waals surface area contributed by atoms with Crippen LogP contribution in [0.15, 0.2) is 53.1 Å². The van der Waals surface area contributed by atoms with Gasteiger partial charge in [0.05, 0.1) is 0 Å². The highest BCUT2D eigenvalue weighted by Gasteiger charge is 2.29. The zero-order valence-corrected chi connectivity index (χ0v) is 15.0. The molecule has 1 aromatic heterocycles. The molecule has 2 N–H and O–H groups in total. The highest BCUT2D eigenvalue weighted by molar-refractivity contribution is 5.89. The maximum absolute atomic E-state index is 12.9. The molecule has 0 bridgehead atoms. The van der Waals surface area contributed by atoms with Crippen molar-refractivity contribution < 1.29 is 18.4 Å². The van der Waals surface area contributed by atoms with Crippen molar-refractivity contribution in [3.63, 3.8) is 0 Å². The number of aromatic nitrogens is 2. The second-order valence-corrected chi connectivity index (χ2v) is 6.57. The van der Waals surface area contributed by atoms with E-state index < -0.39 is 0 Å². The van der Waals surface area contributed by atoms with Gasteiger partial charge in [-0.15, -0.1) is 0 Å². The number of benzene rings is 2. The Balaban J connectivity index is 1.23. The van der Waals surface area contributed by atoms with Crippen molar-refractivity contribution >= 4 is 11.7 Å². The number of hydrogen-bond donors (Lipinski definition) is 2. The van der Waals surface area contributed by atoms with Gasteiger partial charge in [-0.1, -0.05) is 17.3 Å². The van der Waals surface area contributed by atoms with E-state index in [4.69, 9.17) is 9.26 Å². The molecule has 1 aliphatic rings. The monoisotopic (exact) mass is 382 g/mol. The van der Waals surface area contributed by atoms with Gasteiger partial charge in [0, 0.05) is 18.2 Å². The predicted molar refractivity (Wildman–Crippen MR) is 99.3 cm³/mol. The van der Waals surface area contributed by atoms with Crippen LogP contribution in [0.4, 0.5) is 14.9 Å². The minimum absolute atomic E-state index is 0.223. The Morgan fingerprint density at radius 2 is 1.89 bits per heavy atom. The Morgan fingerprint density at radius 1 is 1.14 bits per heavy atom. The molecule has 0 atom stereocenters. The number of nitrogens with zero attached hydrogens (tertiary/aromatic N) is 2. The third kappa shape index (κ3) is 4.85. The average Bonchev–Trinajstić information content (AvgIpc) is 3.45. The van der Waals surface area contributed by atoms with Crippen molar-refractivity contribution in [3.8, 4) is 5.75 Å². The molecular formula is C20H19FN4O3. The van der Waals surface area contributed by atoms with Crippen LogP contribution in [0.1, 0.15) is 36.0 Å². The Bertz CT molecular complexity index is 937. The van der Waals surface area contributed by atoms with E-state index in [1.807, 2.05) is 0 Å². The van der Waals surface area contributed by atoms with Crippen LogP contribution in [0.2, 0.25) is 0 Å². The molecule has 1 fully saturated rings. The van der Waals surface area contributed by atoms with E-state index in [0.717, 1.165) is 18.4 Å². The number of nitrogens with one attached hydrogen (secondary N) is 2. The van der Waals surface area contributed by atoms with Crippen molar-refractivity contribution in [2.75, 3.05) is 5.32 Å². The maximum Gasteiger partial charge on any atom is 0.319 e. The van der Waals surface area contributed by atoms with Crippen LogP contribution in [0.25, 0.3) is 0 Å². The Hall–Kier alpha value is -3.42. The lowest BCUT2D eigenvalue weighted by molar-refractivity contribution is 0.251. The minimum atomic E-state index is -0.350. The Labute approximate surface area is 160 Å². The predicted octanol–water partition coefficient (Wildman–Crippen LogP) is 3.99. The molecule has 3 aromatic rings. The van der Waals surface area contributed by atoms with Gasteiger partial charge in [-0.05, 0) is 54.8 Å². The zero-order chi connectivity index (χ0) is 19.3. The molecule has 0 radical (unpaired) electrons. The summed E-state index contributed by atoms with van der Waals surface area (Å²) < 4.78 is 23.7. The molecule has 2 aromatic carbocycles. The molecule has 1 saturated carbocycles. The highest BCUT2D eigenvalue weighted by atomic mass is 19.1. The van der Waals surface area contributed by atoms with E-state index in [-0.39, 0.29) is 18.5 Å². The molecule has 144 valence electrons. The summed E-state index contributed by atoms with van der Waals surface area (Å²) in [4.78, 5) is 16.3. The van der Waals surface area contributed by atoms with Crippen molar-refractivity contribution in [3.05, 3.63) is 71.6 Å². The molecule has 8 heteroatoms. The molecule has 4 rings (SSSR count). The first kappa shape index (κ1) is 18.0. The van der Waals surface area contributed by atoms with Gasteiger partial charge in [-0.3, -0.25) is 0 Å². The fourth-order valence-corrected chi connectivity index (χ4v) is 2.56. The molecule has 7 nitrogen and oxygen atoms in total. The molecule has 1 heterocycles. The van der Waals surface area contributed by atoms with Crippen molar-refractivity contribution in [1.82, 2.24) is 15.5 Å². The number of urea groups is 1. The van der Waals surface area contributed by atoms with E-state index in [1.54, 1.807) is 36.4 Å². The second kappa shape index (κ2) is 8.08. The number of anilines is 1. The topological polar surface area (TPSA) is 89.3 Å². The quantitative estimate of drug-likeness (QED) is 0.645. The Kier molecular flexibility index (Phi) is 5.18. The van der Waals surface area contributed by atoms with E-state index >= 15 is 0 Å². The lowest BCUT2D eigenvalue weighted by Gasteiger charge is -2.09. The number of carbonyl (C=O) groups excluding carboxylic acids is 1. The van der Waals surface area contributed by atoms with Gasteiger partial charge in [0.15, 0.2) is 6.61 Å². The molecule has 28 heavy (non-hydrogen) atoms. The fourth-order valence-electron chi connectivity index (χ4n) is 2.56. The summed E-state index contributed by atoms with van der Waals surface area (Å²) in [6.45, 7) is 0.530. The first-order valence-corrected chi connectivity index (χ1v) is 9.00. The van der Waals surface area contributed by atoms with Gasteiger partial charge in [0.2, 0.25) is 11.7 Å². The standard InChI is InChI=1S/C20H19FN4O3/c21-15-5-1-13(2-6-15)11-22-20(26)23-16-7-9-17(10-8-16)27-12-18-24-19(28-25-18)14-3-4-14/h1-2,5-10,14H,3-4,11-12H2,(H2,22,23,26). The summed E-state index contributed by atoms with van der Waals surface area (Å²) in [5, 5.41) is 9.34.